The lowest BCUT2D eigenvalue weighted by Crippen LogP contribution is -2.36. The number of nitrogens with two attached hydrogens (primary N) is 1. The number of ether oxygens (including phenoxy) is 1. The van der Waals surface area contributed by atoms with Crippen LogP contribution in [0.1, 0.15) is 19.3 Å². The molecule has 1 aliphatic heterocycles. The summed E-state index contributed by atoms with van der Waals surface area (Å²) >= 11 is 6.54. The second-order valence-corrected chi connectivity index (χ2v) is 8.28. The Labute approximate surface area is 191 Å². The van der Waals surface area contributed by atoms with Gasteiger partial charge in [-0.1, -0.05) is 11.6 Å². The van der Waals surface area contributed by atoms with Gasteiger partial charge in [0.1, 0.15) is 11.3 Å². The molecule has 0 bridgehead atoms. The molecule has 4 heterocycles. The number of pyridine rings is 1. The largest absolute Gasteiger partial charge is 0.467 e. The molecule has 5 rings (SSSR count). The van der Waals surface area contributed by atoms with Gasteiger partial charge in [0.25, 0.3) is 5.92 Å². The zero-order valence-electron chi connectivity index (χ0n) is 17.5. The molecule has 8 nitrogen and oxygen atoms in total. The number of halogens is 4. The van der Waals surface area contributed by atoms with Gasteiger partial charge in [-0.3, -0.25) is 0 Å². The highest BCUT2D eigenvalue weighted by Gasteiger charge is 2.35. The van der Waals surface area contributed by atoms with Crippen LogP contribution in [0.5, 0.6) is 6.01 Å². The first-order valence-electron chi connectivity index (χ1n) is 10.2. The van der Waals surface area contributed by atoms with Crippen LogP contribution < -0.4 is 15.4 Å². The van der Waals surface area contributed by atoms with E-state index in [1.165, 1.54) is 22.6 Å². The van der Waals surface area contributed by atoms with Gasteiger partial charge in [-0.25, -0.2) is 17.7 Å². The number of rotatable bonds is 3. The summed E-state index contributed by atoms with van der Waals surface area (Å²) in [5.74, 6) is -3.48. The molecule has 0 amide bonds. The first-order valence-corrected chi connectivity index (χ1v) is 10.6. The molecule has 172 valence electrons. The van der Waals surface area contributed by atoms with E-state index in [0.29, 0.717) is 30.6 Å². The van der Waals surface area contributed by atoms with E-state index >= 15 is 4.39 Å². The van der Waals surface area contributed by atoms with Gasteiger partial charge in [0.15, 0.2) is 11.5 Å². The van der Waals surface area contributed by atoms with Crippen molar-refractivity contribution in [3.8, 4) is 17.1 Å². The lowest BCUT2D eigenvalue weighted by atomic mass is 10.0. The standard InChI is InChI=1S/C21H19ClF3N7O/c1-33-20-27-16-12(17(29-20)31-7-3-2-6-21(24,25)10-31)9-13(22)14(15(16)23)11-5-4-8-32-18(11)28-19(26)30-32/h4-5,8-9H,2-3,6-7,10H2,1H3,(H2,26,30). The molecule has 0 saturated carbocycles. The van der Waals surface area contributed by atoms with E-state index in [4.69, 9.17) is 22.1 Å². The van der Waals surface area contributed by atoms with Crippen LogP contribution in [0.4, 0.5) is 24.9 Å². The number of aromatic nitrogens is 5. The third kappa shape index (κ3) is 3.75. The van der Waals surface area contributed by atoms with E-state index in [0.717, 1.165) is 0 Å². The molecule has 1 aromatic carbocycles. The molecule has 33 heavy (non-hydrogen) atoms. The molecule has 4 aromatic rings. The van der Waals surface area contributed by atoms with Gasteiger partial charge in [-0.05, 0) is 31.0 Å². The van der Waals surface area contributed by atoms with Gasteiger partial charge in [-0.2, -0.15) is 15.0 Å². The molecule has 0 unspecified atom stereocenters. The summed E-state index contributed by atoms with van der Waals surface area (Å²) in [6.07, 6.45) is 2.34. The fourth-order valence-corrected chi connectivity index (χ4v) is 4.46. The maximum absolute atomic E-state index is 16.0. The molecule has 0 atom stereocenters. The summed E-state index contributed by atoms with van der Waals surface area (Å²) in [6.45, 7) is -0.203. The highest BCUT2D eigenvalue weighted by molar-refractivity contribution is 6.34. The van der Waals surface area contributed by atoms with Gasteiger partial charge in [0.05, 0.1) is 18.7 Å². The van der Waals surface area contributed by atoms with Crippen LogP contribution in [0.25, 0.3) is 27.7 Å². The van der Waals surface area contributed by atoms with E-state index < -0.39 is 18.3 Å². The molecule has 0 aliphatic carbocycles. The van der Waals surface area contributed by atoms with E-state index in [1.54, 1.807) is 18.3 Å². The van der Waals surface area contributed by atoms with Gasteiger partial charge in [0.2, 0.25) is 5.95 Å². The Bertz CT molecular complexity index is 1380. The quantitative estimate of drug-likeness (QED) is 0.468. The summed E-state index contributed by atoms with van der Waals surface area (Å²) < 4.78 is 51.2. The number of fused-ring (bicyclic) bond motifs is 2. The number of nitrogens with zero attached hydrogens (tertiary/aromatic N) is 6. The minimum absolute atomic E-state index is 0.0214. The third-order valence-electron chi connectivity index (χ3n) is 5.62. The maximum Gasteiger partial charge on any atom is 0.318 e. The monoisotopic (exact) mass is 477 g/mol. The highest BCUT2D eigenvalue weighted by atomic mass is 35.5. The van der Waals surface area contributed by atoms with Crippen molar-refractivity contribution in [2.45, 2.75) is 25.2 Å². The lowest BCUT2D eigenvalue weighted by Gasteiger charge is -2.26. The summed E-state index contributed by atoms with van der Waals surface area (Å²) in [7, 11) is 1.33. The number of anilines is 2. The lowest BCUT2D eigenvalue weighted by molar-refractivity contribution is 0.00338. The molecule has 1 fully saturated rings. The molecule has 2 N–H and O–H groups in total. The van der Waals surface area contributed by atoms with Crippen molar-refractivity contribution in [3.05, 3.63) is 35.2 Å². The Balaban J connectivity index is 1.76. The predicted octanol–water partition coefficient (Wildman–Crippen LogP) is 4.35. The molecule has 12 heteroatoms. The molecule has 0 spiro atoms. The second-order valence-electron chi connectivity index (χ2n) is 7.87. The summed E-state index contributed by atoms with van der Waals surface area (Å²) in [4.78, 5) is 14.0. The first-order chi connectivity index (χ1) is 15.8. The zero-order valence-corrected chi connectivity index (χ0v) is 18.3. The van der Waals surface area contributed by atoms with Crippen LogP contribution in [0.2, 0.25) is 5.02 Å². The van der Waals surface area contributed by atoms with Crippen molar-refractivity contribution < 1.29 is 17.9 Å². The zero-order chi connectivity index (χ0) is 23.3. The molecule has 3 aromatic heterocycles. The molecule has 1 saturated heterocycles. The van der Waals surface area contributed by atoms with Gasteiger partial charge in [0, 0.05) is 35.7 Å². The molecular formula is C21H19ClF3N7O. The number of benzene rings is 1. The van der Waals surface area contributed by atoms with Crippen LogP contribution in [0, 0.1) is 5.82 Å². The predicted molar refractivity (Wildman–Crippen MR) is 118 cm³/mol. The van der Waals surface area contributed by atoms with Crippen molar-refractivity contribution in [2.75, 3.05) is 30.8 Å². The smallest absolute Gasteiger partial charge is 0.318 e. The number of methoxy groups -OCH3 is 1. The van der Waals surface area contributed by atoms with Crippen LogP contribution in [0.15, 0.2) is 24.4 Å². The van der Waals surface area contributed by atoms with Crippen molar-refractivity contribution in [2.24, 2.45) is 0 Å². The van der Waals surface area contributed by atoms with E-state index in [2.05, 4.69) is 20.1 Å². The van der Waals surface area contributed by atoms with Crippen molar-refractivity contribution in [1.29, 1.82) is 0 Å². The Morgan fingerprint density at radius 3 is 2.82 bits per heavy atom. The Morgan fingerprint density at radius 1 is 1.21 bits per heavy atom. The minimum Gasteiger partial charge on any atom is -0.467 e. The van der Waals surface area contributed by atoms with Gasteiger partial charge in [-0.15, -0.1) is 5.10 Å². The van der Waals surface area contributed by atoms with Crippen molar-refractivity contribution >= 4 is 39.9 Å². The summed E-state index contributed by atoms with van der Waals surface area (Å²) in [5.41, 5.74) is 6.31. The van der Waals surface area contributed by atoms with Crippen LogP contribution in [-0.4, -0.2) is 50.7 Å². The maximum atomic E-state index is 16.0. The Kier molecular flexibility index (Phi) is 5.15. The number of hydrogen-bond acceptors (Lipinski definition) is 7. The average molecular weight is 478 g/mol. The highest BCUT2D eigenvalue weighted by Crippen LogP contribution is 2.40. The fraction of sp³-hybridized carbons (Fsp3) is 0.333. The topological polar surface area (TPSA) is 94.5 Å². The van der Waals surface area contributed by atoms with Crippen LogP contribution >= 0.6 is 11.6 Å². The van der Waals surface area contributed by atoms with Gasteiger partial charge >= 0.3 is 6.01 Å². The molecular weight excluding hydrogens is 459 g/mol. The molecule has 1 aliphatic rings. The summed E-state index contributed by atoms with van der Waals surface area (Å²) in [6, 6.07) is 4.63. The number of nitrogen functional groups attached to an aromatic ring is 1. The fourth-order valence-electron chi connectivity index (χ4n) is 4.16. The summed E-state index contributed by atoms with van der Waals surface area (Å²) in [5, 5.41) is 4.30. The normalized spacial score (nSPS) is 16.3. The number of alkyl halides is 2. The number of hydrogen-bond donors (Lipinski definition) is 1. The Morgan fingerprint density at radius 2 is 2.03 bits per heavy atom. The first kappa shape index (κ1) is 21.5. The van der Waals surface area contributed by atoms with E-state index in [9.17, 15) is 8.78 Å². The minimum atomic E-state index is -2.90. The van der Waals surface area contributed by atoms with Crippen LogP contribution in [0.3, 0.4) is 0 Å². The van der Waals surface area contributed by atoms with Crippen molar-refractivity contribution in [1.82, 2.24) is 24.6 Å². The van der Waals surface area contributed by atoms with Gasteiger partial charge < -0.3 is 15.4 Å². The molecule has 0 radical (unpaired) electrons. The van der Waals surface area contributed by atoms with E-state index in [1.807, 2.05) is 0 Å². The SMILES string of the molecule is COc1nc(N2CCCCC(F)(F)C2)c2cc(Cl)c(-c3cccn4nc(N)nc34)c(F)c2n1. The van der Waals surface area contributed by atoms with Crippen LogP contribution in [-0.2, 0) is 0 Å². The van der Waals surface area contributed by atoms with E-state index in [-0.39, 0.29) is 45.7 Å². The Hall–Kier alpha value is -3.34. The average Bonchev–Trinajstić information content (AvgIpc) is 3.06. The van der Waals surface area contributed by atoms with Crippen molar-refractivity contribution in [3.63, 3.8) is 0 Å². The second kappa shape index (κ2) is 7.91. The third-order valence-corrected chi connectivity index (χ3v) is 5.91.